The maximum absolute atomic E-state index is 9.32. The molecule has 1 aliphatic heterocycles. The predicted molar refractivity (Wildman–Crippen MR) is 59.3 cm³/mol. The second kappa shape index (κ2) is 4.99. The van der Waals surface area contributed by atoms with Gasteiger partial charge in [0.1, 0.15) is 0 Å². The highest BCUT2D eigenvalue weighted by atomic mass is 16.5. The van der Waals surface area contributed by atoms with Gasteiger partial charge in [-0.15, -0.1) is 0 Å². The third-order valence-corrected chi connectivity index (χ3v) is 4.02. The molecule has 1 atom stereocenters. The first-order chi connectivity index (χ1) is 7.35. The van der Waals surface area contributed by atoms with Crippen LogP contribution in [0.4, 0.5) is 0 Å². The first-order valence-corrected chi connectivity index (χ1v) is 6.38. The lowest BCUT2D eigenvalue weighted by molar-refractivity contribution is 0.0887. The van der Waals surface area contributed by atoms with Crippen molar-refractivity contribution in [2.24, 2.45) is 5.41 Å². The molecule has 2 heteroatoms. The van der Waals surface area contributed by atoms with Gasteiger partial charge < -0.3 is 4.74 Å². The summed E-state index contributed by atoms with van der Waals surface area (Å²) in [6.45, 7) is 0.935. The van der Waals surface area contributed by atoms with Gasteiger partial charge in [-0.2, -0.15) is 5.26 Å². The zero-order chi connectivity index (χ0) is 10.6. The molecule has 0 aromatic carbocycles. The van der Waals surface area contributed by atoms with Crippen molar-refractivity contribution in [3.05, 3.63) is 0 Å². The molecule has 2 aliphatic rings. The summed E-state index contributed by atoms with van der Waals surface area (Å²) in [4.78, 5) is 0. The van der Waals surface area contributed by atoms with Gasteiger partial charge in [0.05, 0.1) is 17.6 Å². The van der Waals surface area contributed by atoms with Crippen LogP contribution in [0.5, 0.6) is 0 Å². The Morgan fingerprint density at radius 1 is 1.20 bits per heavy atom. The Kier molecular flexibility index (Phi) is 3.64. The topological polar surface area (TPSA) is 33.0 Å². The van der Waals surface area contributed by atoms with Crippen LogP contribution in [0.15, 0.2) is 0 Å². The van der Waals surface area contributed by atoms with Gasteiger partial charge in [0.2, 0.25) is 0 Å². The molecule has 0 aromatic heterocycles. The van der Waals surface area contributed by atoms with Crippen LogP contribution in [-0.4, -0.2) is 12.7 Å². The van der Waals surface area contributed by atoms with Gasteiger partial charge in [0.25, 0.3) is 0 Å². The van der Waals surface area contributed by atoms with E-state index in [0.29, 0.717) is 6.10 Å². The lowest BCUT2D eigenvalue weighted by Gasteiger charge is -2.31. The molecule has 1 saturated carbocycles. The standard InChI is InChI=1S/C13H21NO/c14-11-13(7-2-1-3-8-13)9-6-12-5-4-10-15-12/h12H,1-10H2. The normalized spacial score (nSPS) is 29.9. The van der Waals surface area contributed by atoms with E-state index in [9.17, 15) is 5.26 Å². The highest BCUT2D eigenvalue weighted by Gasteiger charge is 2.32. The fraction of sp³-hybridized carbons (Fsp3) is 0.923. The zero-order valence-electron chi connectivity index (χ0n) is 9.50. The monoisotopic (exact) mass is 207 g/mol. The molecule has 0 bridgehead atoms. The van der Waals surface area contributed by atoms with E-state index in [2.05, 4.69) is 6.07 Å². The van der Waals surface area contributed by atoms with Crippen LogP contribution in [0.3, 0.4) is 0 Å². The highest BCUT2D eigenvalue weighted by molar-refractivity contribution is 5.00. The van der Waals surface area contributed by atoms with Crippen molar-refractivity contribution in [2.75, 3.05) is 6.61 Å². The lowest BCUT2D eigenvalue weighted by atomic mass is 9.72. The molecule has 0 amide bonds. The Morgan fingerprint density at radius 3 is 2.60 bits per heavy atom. The summed E-state index contributed by atoms with van der Waals surface area (Å²) >= 11 is 0. The minimum atomic E-state index is 0.00417. The molecule has 2 nitrogen and oxygen atoms in total. The van der Waals surface area contributed by atoms with E-state index in [4.69, 9.17) is 4.74 Å². The number of nitriles is 1. The first-order valence-electron chi connectivity index (χ1n) is 6.38. The predicted octanol–water partition coefficient (Wildman–Crippen LogP) is 3.42. The molecular formula is C13H21NO. The molecule has 84 valence electrons. The molecule has 1 heterocycles. The zero-order valence-corrected chi connectivity index (χ0v) is 9.50. The molecule has 0 aromatic rings. The molecule has 15 heavy (non-hydrogen) atoms. The summed E-state index contributed by atoms with van der Waals surface area (Å²) in [5, 5.41) is 9.32. The number of hydrogen-bond donors (Lipinski definition) is 0. The summed E-state index contributed by atoms with van der Waals surface area (Å²) < 4.78 is 5.62. The van der Waals surface area contributed by atoms with Crippen molar-refractivity contribution >= 4 is 0 Å². The summed E-state index contributed by atoms with van der Waals surface area (Å²) in [6, 6.07) is 2.59. The quantitative estimate of drug-likeness (QED) is 0.710. The van der Waals surface area contributed by atoms with Crippen LogP contribution in [-0.2, 0) is 4.74 Å². The Balaban J connectivity index is 1.81. The van der Waals surface area contributed by atoms with Crippen LogP contribution in [0.2, 0.25) is 0 Å². The van der Waals surface area contributed by atoms with Crippen LogP contribution in [0.25, 0.3) is 0 Å². The molecule has 2 rings (SSSR count). The van der Waals surface area contributed by atoms with Crippen LogP contribution in [0.1, 0.15) is 57.8 Å². The fourth-order valence-corrected chi connectivity index (χ4v) is 2.96. The number of ether oxygens (including phenoxy) is 1. The summed E-state index contributed by atoms with van der Waals surface area (Å²) in [5.41, 5.74) is 0.00417. The van der Waals surface area contributed by atoms with Gasteiger partial charge in [-0.25, -0.2) is 0 Å². The Labute approximate surface area is 92.6 Å². The van der Waals surface area contributed by atoms with Crippen LogP contribution >= 0.6 is 0 Å². The van der Waals surface area contributed by atoms with Crippen molar-refractivity contribution in [3.8, 4) is 6.07 Å². The molecule has 2 fully saturated rings. The third-order valence-electron chi connectivity index (χ3n) is 4.02. The largest absolute Gasteiger partial charge is 0.378 e. The smallest absolute Gasteiger partial charge is 0.0689 e. The lowest BCUT2D eigenvalue weighted by Crippen LogP contribution is -2.24. The van der Waals surface area contributed by atoms with Crippen molar-refractivity contribution in [2.45, 2.75) is 63.9 Å². The number of rotatable bonds is 3. The van der Waals surface area contributed by atoms with Gasteiger partial charge in [-0.05, 0) is 38.5 Å². The van der Waals surface area contributed by atoms with Gasteiger partial charge in [-0.1, -0.05) is 19.3 Å². The van der Waals surface area contributed by atoms with E-state index in [1.807, 2.05) is 0 Å². The van der Waals surface area contributed by atoms with E-state index < -0.39 is 0 Å². The maximum Gasteiger partial charge on any atom is 0.0689 e. The first kappa shape index (κ1) is 11.0. The molecular weight excluding hydrogens is 186 g/mol. The minimum absolute atomic E-state index is 0.00417. The molecule has 1 aliphatic carbocycles. The average Bonchev–Trinajstić information content (AvgIpc) is 2.81. The second-order valence-corrected chi connectivity index (χ2v) is 5.13. The summed E-state index contributed by atoms with van der Waals surface area (Å²) in [7, 11) is 0. The van der Waals surface area contributed by atoms with E-state index in [1.54, 1.807) is 0 Å². The van der Waals surface area contributed by atoms with Crippen LogP contribution in [0, 0.1) is 16.7 Å². The van der Waals surface area contributed by atoms with E-state index in [0.717, 1.165) is 32.3 Å². The SMILES string of the molecule is N#CC1(CCC2CCCO2)CCCCC1. The van der Waals surface area contributed by atoms with E-state index >= 15 is 0 Å². The molecule has 0 spiro atoms. The fourth-order valence-electron chi connectivity index (χ4n) is 2.96. The van der Waals surface area contributed by atoms with Gasteiger partial charge in [0.15, 0.2) is 0 Å². The van der Waals surface area contributed by atoms with Gasteiger partial charge in [-0.3, -0.25) is 0 Å². The second-order valence-electron chi connectivity index (χ2n) is 5.13. The molecule has 1 unspecified atom stereocenters. The number of nitrogens with zero attached hydrogens (tertiary/aromatic N) is 1. The van der Waals surface area contributed by atoms with Gasteiger partial charge >= 0.3 is 0 Å². The summed E-state index contributed by atoms with van der Waals surface area (Å²) in [5.74, 6) is 0. The maximum atomic E-state index is 9.32. The Morgan fingerprint density at radius 2 is 2.00 bits per heavy atom. The van der Waals surface area contributed by atoms with Crippen LogP contribution < -0.4 is 0 Å². The highest BCUT2D eigenvalue weighted by Crippen LogP contribution is 2.40. The van der Waals surface area contributed by atoms with Crippen molar-refractivity contribution in [3.63, 3.8) is 0 Å². The van der Waals surface area contributed by atoms with E-state index in [1.165, 1.54) is 32.1 Å². The van der Waals surface area contributed by atoms with E-state index in [-0.39, 0.29) is 5.41 Å². The molecule has 0 radical (unpaired) electrons. The molecule has 0 N–H and O–H groups in total. The Bertz CT molecular complexity index is 231. The minimum Gasteiger partial charge on any atom is -0.378 e. The average molecular weight is 207 g/mol. The third kappa shape index (κ3) is 2.72. The van der Waals surface area contributed by atoms with Crippen molar-refractivity contribution in [1.82, 2.24) is 0 Å². The summed E-state index contributed by atoms with van der Waals surface area (Å²) in [6.07, 6.45) is 11.1. The Hall–Kier alpha value is -0.550. The molecule has 1 saturated heterocycles. The number of hydrogen-bond acceptors (Lipinski definition) is 2. The van der Waals surface area contributed by atoms with Crippen molar-refractivity contribution in [1.29, 1.82) is 5.26 Å². The van der Waals surface area contributed by atoms with Gasteiger partial charge in [0, 0.05) is 6.61 Å². The van der Waals surface area contributed by atoms with Crippen molar-refractivity contribution < 1.29 is 4.74 Å².